The summed E-state index contributed by atoms with van der Waals surface area (Å²) in [7, 11) is 0. The van der Waals surface area contributed by atoms with Gasteiger partial charge < -0.3 is 5.11 Å². The minimum Gasteiger partial charge on any atom is -0.396 e. The summed E-state index contributed by atoms with van der Waals surface area (Å²) >= 11 is 0. The summed E-state index contributed by atoms with van der Waals surface area (Å²) in [6.45, 7) is 7.42. The zero-order valence-corrected chi connectivity index (χ0v) is 16.0. The lowest BCUT2D eigenvalue weighted by Gasteiger charge is -2.17. The standard InChI is InChI=1S/C21H44O/c1-21(2,3)19-17-15-13-11-9-7-5-4-6-8-10-12-14-16-18-20-22/h22H,4-20H2,1-3H3. The second-order valence-corrected chi connectivity index (χ2v) is 8.34. The van der Waals surface area contributed by atoms with Crippen molar-refractivity contribution >= 4 is 0 Å². The van der Waals surface area contributed by atoms with Gasteiger partial charge in [0, 0.05) is 6.61 Å². The maximum Gasteiger partial charge on any atom is 0.0431 e. The van der Waals surface area contributed by atoms with Crippen LogP contribution >= 0.6 is 0 Å². The van der Waals surface area contributed by atoms with Crippen molar-refractivity contribution in [2.24, 2.45) is 5.41 Å². The maximum atomic E-state index is 8.70. The second-order valence-electron chi connectivity index (χ2n) is 8.34. The van der Waals surface area contributed by atoms with E-state index in [1.54, 1.807) is 0 Å². The number of unbranched alkanes of at least 4 members (excludes halogenated alkanes) is 14. The fraction of sp³-hybridized carbons (Fsp3) is 1.00. The fourth-order valence-corrected chi connectivity index (χ4v) is 3.07. The number of hydrogen-bond donors (Lipinski definition) is 1. The lowest BCUT2D eigenvalue weighted by Crippen LogP contribution is -2.03. The number of hydrogen-bond acceptors (Lipinski definition) is 1. The lowest BCUT2D eigenvalue weighted by atomic mass is 9.89. The van der Waals surface area contributed by atoms with Gasteiger partial charge in [-0.3, -0.25) is 0 Å². The zero-order valence-electron chi connectivity index (χ0n) is 16.0. The molecule has 134 valence electrons. The molecule has 1 N–H and O–H groups in total. The lowest BCUT2D eigenvalue weighted by molar-refractivity contribution is 0.282. The SMILES string of the molecule is CC(C)(C)CCCCCCCCCCCCCCCCCO. The first kappa shape index (κ1) is 22.0. The summed E-state index contributed by atoms with van der Waals surface area (Å²) in [6, 6.07) is 0. The maximum absolute atomic E-state index is 8.70. The zero-order chi connectivity index (χ0) is 16.5. The average Bonchev–Trinajstić information content (AvgIpc) is 2.45. The Labute approximate surface area is 141 Å². The highest BCUT2D eigenvalue weighted by Crippen LogP contribution is 2.22. The summed E-state index contributed by atoms with van der Waals surface area (Å²) < 4.78 is 0. The molecule has 0 spiro atoms. The van der Waals surface area contributed by atoms with Crippen molar-refractivity contribution in [2.75, 3.05) is 6.61 Å². The van der Waals surface area contributed by atoms with Crippen LogP contribution in [0.2, 0.25) is 0 Å². The van der Waals surface area contributed by atoms with Gasteiger partial charge >= 0.3 is 0 Å². The van der Waals surface area contributed by atoms with Crippen LogP contribution in [0.4, 0.5) is 0 Å². The highest BCUT2D eigenvalue weighted by molar-refractivity contribution is 4.61. The Morgan fingerprint density at radius 3 is 1.00 bits per heavy atom. The number of aliphatic hydroxyl groups is 1. The van der Waals surface area contributed by atoms with Crippen LogP contribution in [0.15, 0.2) is 0 Å². The Morgan fingerprint density at radius 1 is 0.455 bits per heavy atom. The number of aliphatic hydroxyl groups excluding tert-OH is 1. The third kappa shape index (κ3) is 20.0. The minimum absolute atomic E-state index is 0.372. The van der Waals surface area contributed by atoms with Gasteiger partial charge in [0.15, 0.2) is 0 Å². The molecule has 0 aliphatic carbocycles. The number of rotatable bonds is 16. The van der Waals surface area contributed by atoms with E-state index in [1.165, 1.54) is 96.3 Å². The van der Waals surface area contributed by atoms with Gasteiger partial charge in [-0.2, -0.15) is 0 Å². The largest absolute Gasteiger partial charge is 0.396 e. The normalized spacial score (nSPS) is 12.0. The molecular weight excluding hydrogens is 268 g/mol. The molecule has 0 aromatic carbocycles. The molecule has 0 radical (unpaired) electrons. The monoisotopic (exact) mass is 312 g/mol. The van der Waals surface area contributed by atoms with Gasteiger partial charge in [0.25, 0.3) is 0 Å². The Kier molecular flexibility index (Phi) is 15.8. The van der Waals surface area contributed by atoms with Crippen molar-refractivity contribution in [3.8, 4) is 0 Å². The van der Waals surface area contributed by atoms with Crippen LogP contribution in [0.3, 0.4) is 0 Å². The molecule has 22 heavy (non-hydrogen) atoms. The van der Waals surface area contributed by atoms with E-state index in [0.29, 0.717) is 12.0 Å². The van der Waals surface area contributed by atoms with Gasteiger partial charge in [0.05, 0.1) is 0 Å². The molecule has 0 aliphatic heterocycles. The molecule has 0 aromatic heterocycles. The molecule has 0 bridgehead atoms. The molecule has 1 heteroatoms. The van der Waals surface area contributed by atoms with Gasteiger partial charge in [-0.25, -0.2) is 0 Å². The first-order chi connectivity index (χ1) is 10.6. The van der Waals surface area contributed by atoms with Crippen molar-refractivity contribution in [2.45, 2.75) is 124 Å². The molecule has 0 aliphatic rings. The first-order valence-electron chi connectivity index (χ1n) is 10.2. The summed E-state index contributed by atoms with van der Waals surface area (Å²) in [5.41, 5.74) is 0.527. The van der Waals surface area contributed by atoms with Crippen LogP contribution in [0.5, 0.6) is 0 Å². The van der Waals surface area contributed by atoms with E-state index in [4.69, 9.17) is 5.11 Å². The second kappa shape index (κ2) is 15.8. The molecule has 0 unspecified atom stereocenters. The van der Waals surface area contributed by atoms with E-state index in [1.807, 2.05) is 0 Å². The Bertz CT molecular complexity index is 204. The van der Waals surface area contributed by atoms with E-state index in [2.05, 4.69) is 20.8 Å². The van der Waals surface area contributed by atoms with Gasteiger partial charge in [-0.15, -0.1) is 0 Å². The quantitative estimate of drug-likeness (QED) is 0.297. The molecule has 0 saturated heterocycles. The molecule has 0 rings (SSSR count). The molecule has 0 fully saturated rings. The van der Waals surface area contributed by atoms with Crippen molar-refractivity contribution in [3.05, 3.63) is 0 Å². The molecule has 0 saturated carbocycles. The van der Waals surface area contributed by atoms with E-state index in [9.17, 15) is 0 Å². The van der Waals surface area contributed by atoms with Gasteiger partial charge in [-0.05, 0) is 18.3 Å². The summed E-state index contributed by atoms with van der Waals surface area (Å²) in [5.74, 6) is 0. The highest BCUT2D eigenvalue weighted by atomic mass is 16.2. The minimum atomic E-state index is 0.372. The smallest absolute Gasteiger partial charge is 0.0431 e. The molecule has 0 amide bonds. The Hall–Kier alpha value is -0.0400. The van der Waals surface area contributed by atoms with Crippen LogP contribution in [0, 0.1) is 5.41 Å². The van der Waals surface area contributed by atoms with E-state index < -0.39 is 0 Å². The Morgan fingerprint density at radius 2 is 0.727 bits per heavy atom. The van der Waals surface area contributed by atoms with Gasteiger partial charge in [0.2, 0.25) is 0 Å². The predicted molar refractivity (Wildman–Crippen MR) is 100 cm³/mol. The fourth-order valence-electron chi connectivity index (χ4n) is 3.07. The van der Waals surface area contributed by atoms with Gasteiger partial charge in [-0.1, -0.05) is 111 Å². The summed E-state index contributed by atoms with van der Waals surface area (Å²) in [5, 5.41) is 8.70. The van der Waals surface area contributed by atoms with E-state index in [-0.39, 0.29) is 0 Å². The molecular formula is C21H44O. The molecule has 0 atom stereocenters. The van der Waals surface area contributed by atoms with Crippen molar-refractivity contribution in [3.63, 3.8) is 0 Å². The highest BCUT2D eigenvalue weighted by Gasteiger charge is 2.08. The first-order valence-corrected chi connectivity index (χ1v) is 10.2. The predicted octanol–water partition coefficient (Wildman–Crippen LogP) is 7.27. The summed E-state index contributed by atoms with van der Waals surface area (Å²) in [4.78, 5) is 0. The molecule has 1 nitrogen and oxygen atoms in total. The van der Waals surface area contributed by atoms with Crippen LogP contribution < -0.4 is 0 Å². The van der Waals surface area contributed by atoms with Crippen LogP contribution in [0.25, 0.3) is 0 Å². The van der Waals surface area contributed by atoms with Crippen LogP contribution in [0.1, 0.15) is 124 Å². The molecule has 0 aromatic rings. The topological polar surface area (TPSA) is 20.2 Å². The third-order valence-corrected chi connectivity index (χ3v) is 4.58. The Balaban J connectivity index is 3.00. The molecule has 0 heterocycles. The van der Waals surface area contributed by atoms with Crippen molar-refractivity contribution in [1.82, 2.24) is 0 Å². The third-order valence-electron chi connectivity index (χ3n) is 4.58. The van der Waals surface area contributed by atoms with Gasteiger partial charge in [0.1, 0.15) is 0 Å². The van der Waals surface area contributed by atoms with Crippen molar-refractivity contribution < 1.29 is 5.11 Å². The van der Waals surface area contributed by atoms with Crippen LogP contribution in [-0.4, -0.2) is 11.7 Å². The van der Waals surface area contributed by atoms with Crippen molar-refractivity contribution in [1.29, 1.82) is 0 Å². The van der Waals surface area contributed by atoms with Crippen LogP contribution in [-0.2, 0) is 0 Å². The van der Waals surface area contributed by atoms with E-state index in [0.717, 1.165) is 6.42 Å². The van der Waals surface area contributed by atoms with E-state index >= 15 is 0 Å². The summed E-state index contributed by atoms with van der Waals surface area (Å²) in [6.07, 6.45) is 22.1. The average molecular weight is 313 g/mol.